The molecule has 0 radical (unpaired) electrons. The van der Waals surface area contributed by atoms with E-state index in [2.05, 4.69) is 39.0 Å². The van der Waals surface area contributed by atoms with Crippen molar-refractivity contribution in [1.82, 2.24) is 24.6 Å². The fraction of sp³-hybridized carbons (Fsp3) is 0.560. The van der Waals surface area contributed by atoms with Gasteiger partial charge in [-0.05, 0) is 62.9 Å². The van der Waals surface area contributed by atoms with Crippen LogP contribution in [0.4, 0.5) is 4.39 Å². The lowest BCUT2D eigenvalue weighted by Gasteiger charge is -2.43. The average Bonchev–Trinajstić information content (AvgIpc) is 3.12. The summed E-state index contributed by atoms with van der Waals surface area (Å²) in [6.45, 7) is 6.77. The lowest BCUT2D eigenvalue weighted by atomic mass is 9.80. The van der Waals surface area contributed by atoms with Crippen LogP contribution >= 0.6 is 0 Å². The molecule has 3 aromatic rings. The van der Waals surface area contributed by atoms with Gasteiger partial charge in [0.25, 0.3) is 0 Å². The maximum absolute atomic E-state index is 15.4. The van der Waals surface area contributed by atoms with Crippen LogP contribution in [0.25, 0.3) is 16.7 Å². The molecule has 8 heteroatoms. The van der Waals surface area contributed by atoms with Crippen molar-refractivity contribution < 1.29 is 14.2 Å². The molecule has 2 aliphatic heterocycles. The topological polar surface area (TPSA) is 76.3 Å². The minimum atomic E-state index is -0.898. The molecule has 0 amide bonds. The number of piperidine rings is 1. The van der Waals surface area contributed by atoms with Gasteiger partial charge in [-0.1, -0.05) is 0 Å². The molecule has 0 spiro atoms. The molecule has 2 atom stereocenters. The first kappa shape index (κ1) is 21.1. The van der Waals surface area contributed by atoms with E-state index < -0.39 is 6.17 Å². The highest BCUT2D eigenvalue weighted by Crippen LogP contribution is 2.38. The number of rotatable bonds is 4. The molecule has 1 aliphatic carbocycles. The molecular formula is C25H30FN5O2. The largest absolute Gasteiger partial charge is 0.393 e. The Kier molecular flexibility index (Phi) is 5.19. The van der Waals surface area contributed by atoms with Crippen LogP contribution in [0.1, 0.15) is 53.7 Å². The Morgan fingerprint density at radius 1 is 1.12 bits per heavy atom. The fourth-order valence-corrected chi connectivity index (χ4v) is 5.55. The first-order valence-electron chi connectivity index (χ1n) is 11.9. The molecule has 3 fully saturated rings. The van der Waals surface area contributed by atoms with Crippen LogP contribution < -0.4 is 0 Å². The van der Waals surface area contributed by atoms with Crippen LogP contribution in [0.5, 0.6) is 0 Å². The molecule has 6 rings (SSSR count). The second kappa shape index (κ2) is 8.11. The predicted octanol–water partition coefficient (Wildman–Crippen LogP) is 3.20. The summed E-state index contributed by atoms with van der Waals surface area (Å²) < 4.78 is 22.5. The Balaban J connectivity index is 1.33. The van der Waals surface area contributed by atoms with Crippen molar-refractivity contribution in [2.45, 2.75) is 63.3 Å². The third-order valence-electron chi connectivity index (χ3n) is 7.66. The normalized spacial score (nSPS) is 28.6. The third kappa shape index (κ3) is 3.74. The highest BCUT2D eigenvalue weighted by molar-refractivity contribution is 5.82. The summed E-state index contributed by atoms with van der Waals surface area (Å²) in [7, 11) is 0. The molecule has 0 unspecified atom stereocenters. The van der Waals surface area contributed by atoms with Gasteiger partial charge in [-0.3, -0.25) is 4.90 Å². The summed E-state index contributed by atoms with van der Waals surface area (Å²) in [5, 5.41) is 15.4. The molecule has 0 bridgehead atoms. The number of aliphatic hydroxyl groups is 1. The molecule has 2 aromatic heterocycles. The van der Waals surface area contributed by atoms with Crippen molar-refractivity contribution in [2.24, 2.45) is 0 Å². The number of aromatic nitrogens is 4. The van der Waals surface area contributed by atoms with Gasteiger partial charge in [0.2, 0.25) is 0 Å². The van der Waals surface area contributed by atoms with Gasteiger partial charge in [0, 0.05) is 35.5 Å². The van der Waals surface area contributed by atoms with Crippen LogP contribution in [-0.2, 0) is 4.74 Å². The van der Waals surface area contributed by atoms with Gasteiger partial charge in [0.05, 0.1) is 37.1 Å². The van der Waals surface area contributed by atoms with Crippen molar-refractivity contribution in [2.75, 3.05) is 26.3 Å². The molecule has 1 N–H and O–H groups in total. The van der Waals surface area contributed by atoms with E-state index in [9.17, 15) is 5.11 Å². The molecule has 33 heavy (non-hydrogen) atoms. The number of fused-ring (bicyclic) bond motifs is 1. The van der Waals surface area contributed by atoms with Gasteiger partial charge in [0.15, 0.2) is 5.82 Å². The Morgan fingerprint density at radius 2 is 1.94 bits per heavy atom. The smallest absolute Gasteiger partial charge is 0.157 e. The van der Waals surface area contributed by atoms with E-state index in [0.717, 1.165) is 72.6 Å². The van der Waals surface area contributed by atoms with Crippen LogP contribution in [0, 0.1) is 13.8 Å². The number of halogens is 1. The summed E-state index contributed by atoms with van der Waals surface area (Å²) in [4.78, 5) is 11.5. The Morgan fingerprint density at radius 3 is 2.64 bits per heavy atom. The van der Waals surface area contributed by atoms with Gasteiger partial charge in [0.1, 0.15) is 12.0 Å². The van der Waals surface area contributed by atoms with E-state index >= 15 is 4.39 Å². The van der Waals surface area contributed by atoms with Crippen molar-refractivity contribution in [1.29, 1.82) is 0 Å². The average molecular weight is 452 g/mol. The first-order valence-corrected chi connectivity index (χ1v) is 11.9. The Bertz CT molecular complexity index is 1190. The number of aryl methyl sites for hydroxylation is 2. The van der Waals surface area contributed by atoms with Crippen LogP contribution in [0.3, 0.4) is 0 Å². The molecule has 2 saturated heterocycles. The third-order valence-corrected chi connectivity index (χ3v) is 7.66. The van der Waals surface area contributed by atoms with E-state index in [1.54, 1.807) is 0 Å². The number of hydrogen-bond acceptors (Lipinski definition) is 6. The zero-order chi connectivity index (χ0) is 22.7. The summed E-state index contributed by atoms with van der Waals surface area (Å²) in [6, 6.07) is 6.58. The number of hydrogen-bond donors (Lipinski definition) is 1. The van der Waals surface area contributed by atoms with E-state index in [-0.39, 0.29) is 17.9 Å². The fourth-order valence-electron chi connectivity index (χ4n) is 5.55. The number of aliphatic hydroxyl groups excluding tert-OH is 1. The zero-order valence-corrected chi connectivity index (χ0v) is 19.1. The SMILES string of the molecule is Cc1nc(C2CC(O)C2)cc(-n2ncc3cc(C)c([C@H]4CCN(C5COC5)C[C@@H]4F)cc32)n1. The van der Waals surface area contributed by atoms with E-state index in [1.807, 2.05) is 23.9 Å². The van der Waals surface area contributed by atoms with E-state index in [0.29, 0.717) is 18.4 Å². The molecular weight excluding hydrogens is 421 g/mol. The quantitative estimate of drug-likeness (QED) is 0.657. The van der Waals surface area contributed by atoms with Crippen LogP contribution in [-0.4, -0.2) is 74.4 Å². The molecule has 7 nitrogen and oxygen atoms in total. The minimum absolute atomic E-state index is 0.117. The number of ether oxygens (including phenoxy) is 1. The number of nitrogens with zero attached hydrogens (tertiary/aromatic N) is 5. The lowest BCUT2D eigenvalue weighted by Crippen LogP contribution is -2.54. The Labute approximate surface area is 192 Å². The second-order valence-electron chi connectivity index (χ2n) is 9.94. The van der Waals surface area contributed by atoms with E-state index in [4.69, 9.17) is 4.74 Å². The second-order valence-corrected chi connectivity index (χ2v) is 9.94. The van der Waals surface area contributed by atoms with Crippen molar-refractivity contribution in [3.63, 3.8) is 0 Å². The Hall–Kier alpha value is -2.42. The van der Waals surface area contributed by atoms with Crippen LogP contribution in [0.2, 0.25) is 0 Å². The number of benzene rings is 1. The van der Waals surface area contributed by atoms with E-state index in [1.165, 1.54) is 0 Å². The minimum Gasteiger partial charge on any atom is -0.393 e. The van der Waals surface area contributed by atoms with Crippen LogP contribution in [0.15, 0.2) is 24.4 Å². The maximum atomic E-state index is 15.4. The first-order chi connectivity index (χ1) is 16.0. The highest BCUT2D eigenvalue weighted by atomic mass is 19.1. The molecule has 1 aromatic carbocycles. The van der Waals surface area contributed by atoms with Crippen molar-refractivity contribution in [3.8, 4) is 5.82 Å². The van der Waals surface area contributed by atoms with Gasteiger partial charge >= 0.3 is 0 Å². The van der Waals surface area contributed by atoms with Gasteiger partial charge < -0.3 is 9.84 Å². The van der Waals surface area contributed by atoms with Crippen molar-refractivity contribution in [3.05, 3.63) is 47.0 Å². The predicted molar refractivity (Wildman–Crippen MR) is 123 cm³/mol. The van der Waals surface area contributed by atoms with Gasteiger partial charge in [-0.2, -0.15) is 5.10 Å². The van der Waals surface area contributed by atoms with Crippen molar-refractivity contribution >= 4 is 10.9 Å². The maximum Gasteiger partial charge on any atom is 0.157 e. The zero-order valence-electron chi connectivity index (χ0n) is 19.1. The molecule has 3 aliphatic rings. The monoisotopic (exact) mass is 451 g/mol. The summed E-state index contributed by atoms with van der Waals surface area (Å²) in [6.07, 6.45) is 3.00. The molecule has 1 saturated carbocycles. The summed E-state index contributed by atoms with van der Waals surface area (Å²) in [5.74, 6) is 1.56. The summed E-state index contributed by atoms with van der Waals surface area (Å²) in [5.41, 5.74) is 4.07. The molecule has 4 heterocycles. The highest BCUT2D eigenvalue weighted by Gasteiger charge is 2.36. The number of alkyl halides is 1. The molecule has 174 valence electrons. The summed E-state index contributed by atoms with van der Waals surface area (Å²) >= 11 is 0. The van der Waals surface area contributed by atoms with Gasteiger partial charge in [-0.25, -0.2) is 19.0 Å². The van der Waals surface area contributed by atoms with Gasteiger partial charge in [-0.15, -0.1) is 0 Å². The number of likely N-dealkylation sites (tertiary alicyclic amines) is 1. The lowest BCUT2D eigenvalue weighted by molar-refractivity contribution is -0.0807. The standard InChI is InChI=1S/C25H30FN5O2/c1-14-5-17-10-27-31(25-9-23(28-15(2)29-25)16-6-19(32)7-16)24(17)8-21(14)20-3-4-30(11-22(20)26)18-12-33-13-18/h5,8-10,16,18-20,22,32H,3-4,6-7,11-13H2,1-2H3/t16?,19?,20-,22+/m1/s1.